The van der Waals surface area contributed by atoms with E-state index in [0.29, 0.717) is 46.7 Å². The van der Waals surface area contributed by atoms with Crippen LogP contribution in [0.25, 0.3) is 11.1 Å². The van der Waals surface area contributed by atoms with Crippen molar-refractivity contribution in [2.45, 2.75) is 51.4 Å². The maximum absolute atomic E-state index is 13.1. The predicted octanol–water partition coefficient (Wildman–Crippen LogP) is 4.60. The van der Waals surface area contributed by atoms with Gasteiger partial charge in [-0.2, -0.15) is 8.78 Å². The van der Waals surface area contributed by atoms with Gasteiger partial charge in [0.25, 0.3) is 11.1 Å². The van der Waals surface area contributed by atoms with E-state index in [2.05, 4.69) is 46.1 Å². The molecule has 0 atom stereocenters. The summed E-state index contributed by atoms with van der Waals surface area (Å²) in [5.41, 5.74) is 1.29. The molecule has 3 heterocycles. The lowest BCUT2D eigenvalue weighted by molar-refractivity contribution is -0.0496. The van der Waals surface area contributed by atoms with Gasteiger partial charge in [0.15, 0.2) is 5.75 Å². The van der Waals surface area contributed by atoms with Crippen molar-refractivity contribution >= 4 is 38.3 Å². The summed E-state index contributed by atoms with van der Waals surface area (Å²) >= 11 is 4.29. The Kier molecular flexibility index (Phi) is 7.63. The number of carbonyl (C=O) groups is 1. The Labute approximate surface area is 205 Å². The second-order valence-electron chi connectivity index (χ2n) is 7.63. The molecule has 0 aromatic carbocycles. The number of aromatic nitrogens is 4. The van der Waals surface area contributed by atoms with E-state index in [0.717, 1.165) is 17.5 Å². The van der Waals surface area contributed by atoms with Crippen LogP contribution in [0.4, 0.5) is 13.9 Å². The third-order valence-corrected chi connectivity index (χ3v) is 6.33. The Hall–Kier alpha value is -2.77. The van der Waals surface area contributed by atoms with E-state index in [1.165, 1.54) is 12.3 Å². The minimum absolute atomic E-state index is 0.0637. The molecule has 0 spiro atoms. The zero-order valence-corrected chi connectivity index (χ0v) is 20.3. The SMILES string of the molecule is Cc1cc(-c2cc(Br)ncc2OC(F)F)c(C(=O)Nc2nnc(O[C@H]3CC[C@H](O)CC3)s2)cn1. The number of aliphatic hydroxyl groups excluding tert-OH is 1. The smallest absolute Gasteiger partial charge is 0.387 e. The molecular formula is C21H20BrF2N5O4S. The van der Waals surface area contributed by atoms with Crippen LogP contribution in [0.1, 0.15) is 41.7 Å². The van der Waals surface area contributed by atoms with E-state index in [1.54, 1.807) is 13.0 Å². The van der Waals surface area contributed by atoms with Gasteiger partial charge < -0.3 is 14.6 Å². The number of nitrogens with zero attached hydrogens (tertiary/aromatic N) is 4. The molecule has 2 N–H and O–H groups in total. The average molecular weight is 556 g/mol. The number of rotatable bonds is 7. The van der Waals surface area contributed by atoms with E-state index in [9.17, 15) is 18.7 Å². The average Bonchev–Trinajstić information content (AvgIpc) is 3.22. The number of pyridine rings is 2. The molecule has 13 heteroatoms. The normalized spacial score (nSPS) is 18.1. The van der Waals surface area contributed by atoms with Crippen LogP contribution in [0.15, 0.2) is 29.1 Å². The highest BCUT2D eigenvalue weighted by Gasteiger charge is 2.23. The summed E-state index contributed by atoms with van der Waals surface area (Å²) in [6.07, 6.45) is 4.90. The van der Waals surface area contributed by atoms with Gasteiger partial charge in [-0.3, -0.25) is 15.1 Å². The molecule has 4 rings (SSSR count). The second kappa shape index (κ2) is 10.7. The summed E-state index contributed by atoms with van der Waals surface area (Å²) in [5.74, 6) is -0.732. The molecule has 0 unspecified atom stereocenters. The van der Waals surface area contributed by atoms with Crippen LogP contribution in [-0.2, 0) is 0 Å². The molecule has 1 aliphatic carbocycles. The first-order valence-electron chi connectivity index (χ1n) is 10.4. The first-order valence-corrected chi connectivity index (χ1v) is 12.0. The summed E-state index contributed by atoms with van der Waals surface area (Å²) in [5, 5.41) is 20.7. The summed E-state index contributed by atoms with van der Waals surface area (Å²) in [4.78, 5) is 21.2. The molecule has 1 fully saturated rings. The summed E-state index contributed by atoms with van der Waals surface area (Å²) in [7, 11) is 0. The molecular weight excluding hydrogens is 536 g/mol. The fraction of sp³-hybridized carbons (Fsp3) is 0.381. The Bertz CT molecular complexity index is 1170. The van der Waals surface area contributed by atoms with Gasteiger partial charge in [-0.15, -0.1) is 5.10 Å². The number of carbonyl (C=O) groups excluding carboxylic acids is 1. The van der Waals surface area contributed by atoms with Crippen molar-refractivity contribution in [3.8, 4) is 22.1 Å². The van der Waals surface area contributed by atoms with Crippen molar-refractivity contribution in [2.75, 3.05) is 5.32 Å². The predicted molar refractivity (Wildman–Crippen MR) is 123 cm³/mol. The topological polar surface area (TPSA) is 119 Å². The Morgan fingerprint density at radius 2 is 1.94 bits per heavy atom. The second-order valence-corrected chi connectivity index (χ2v) is 9.38. The quantitative estimate of drug-likeness (QED) is 0.406. The molecule has 1 saturated carbocycles. The van der Waals surface area contributed by atoms with E-state index in [4.69, 9.17) is 4.74 Å². The van der Waals surface area contributed by atoms with Gasteiger partial charge in [0, 0.05) is 23.0 Å². The third-order valence-electron chi connectivity index (χ3n) is 5.16. The molecule has 9 nitrogen and oxygen atoms in total. The fourth-order valence-electron chi connectivity index (χ4n) is 3.56. The molecule has 34 heavy (non-hydrogen) atoms. The van der Waals surface area contributed by atoms with Crippen molar-refractivity contribution in [3.63, 3.8) is 0 Å². The van der Waals surface area contributed by atoms with Crippen LogP contribution in [0.2, 0.25) is 0 Å². The monoisotopic (exact) mass is 555 g/mol. The highest BCUT2D eigenvalue weighted by molar-refractivity contribution is 9.10. The lowest BCUT2D eigenvalue weighted by Gasteiger charge is -2.24. The number of anilines is 1. The maximum atomic E-state index is 13.1. The van der Waals surface area contributed by atoms with Gasteiger partial charge >= 0.3 is 6.61 Å². The molecule has 0 radical (unpaired) electrons. The number of ether oxygens (including phenoxy) is 2. The zero-order chi connectivity index (χ0) is 24.2. The number of amides is 1. The lowest BCUT2D eigenvalue weighted by atomic mass is 9.95. The summed E-state index contributed by atoms with van der Waals surface area (Å²) in [6, 6.07) is 3.09. The van der Waals surface area contributed by atoms with Crippen LogP contribution in [0.3, 0.4) is 0 Å². The fourth-order valence-corrected chi connectivity index (χ4v) is 4.55. The maximum Gasteiger partial charge on any atom is 0.387 e. The van der Waals surface area contributed by atoms with E-state index < -0.39 is 12.5 Å². The van der Waals surface area contributed by atoms with E-state index >= 15 is 0 Å². The van der Waals surface area contributed by atoms with Gasteiger partial charge in [0.1, 0.15) is 10.7 Å². The standard InChI is InChI=1S/C21H20BrF2N5O4S/c1-10-6-13(14-7-17(22)26-9-16(14)33-19(23)24)15(8-25-10)18(31)27-20-28-29-21(34-20)32-12-4-2-11(30)3-5-12/h6-9,11-12,19,30H,2-5H2,1H3,(H,27,28,31)/t11-,12-. The number of hydrogen-bond acceptors (Lipinski definition) is 9. The highest BCUT2D eigenvalue weighted by Crippen LogP contribution is 2.35. The number of halogens is 3. The van der Waals surface area contributed by atoms with Crippen molar-refractivity contribution in [1.82, 2.24) is 20.2 Å². The summed E-state index contributed by atoms with van der Waals surface area (Å²) in [6.45, 7) is -1.34. The van der Waals surface area contributed by atoms with Crippen LogP contribution in [0.5, 0.6) is 10.9 Å². The van der Waals surface area contributed by atoms with E-state index in [1.807, 2.05) is 0 Å². The molecule has 180 valence electrons. The van der Waals surface area contributed by atoms with Crippen LogP contribution >= 0.6 is 27.3 Å². The Morgan fingerprint density at radius 1 is 1.18 bits per heavy atom. The molecule has 1 amide bonds. The molecule has 0 saturated heterocycles. The van der Waals surface area contributed by atoms with Gasteiger partial charge in [-0.05, 0) is 72.0 Å². The van der Waals surface area contributed by atoms with Crippen molar-refractivity contribution < 1.29 is 28.2 Å². The first kappa shape index (κ1) is 24.4. The van der Waals surface area contributed by atoms with Gasteiger partial charge in [-0.1, -0.05) is 5.10 Å². The molecule has 0 bridgehead atoms. The first-order chi connectivity index (χ1) is 16.3. The lowest BCUT2D eigenvalue weighted by Crippen LogP contribution is -2.26. The van der Waals surface area contributed by atoms with Gasteiger partial charge in [-0.25, -0.2) is 4.98 Å². The molecule has 3 aromatic rings. The Balaban J connectivity index is 1.55. The number of aryl methyl sites for hydroxylation is 1. The van der Waals surface area contributed by atoms with Crippen LogP contribution in [0, 0.1) is 6.92 Å². The van der Waals surface area contributed by atoms with Crippen LogP contribution < -0.4 is 14.8 Å². The largest absolute Gasteiger partial charge is 0.466 e. The van der Waals surface area contributed by atoms with Gasteiger partial charge in [0.05, 0.1) is 17.9 Å². The zero-order valence-electron chi connectivity index (χ0n) is 17.9. The van der Waals surface area contributed by atoms with Crippen molar-refractivity contribution in [1.29, 1.82) is 0 Å². The minimum atomic E-state index is -3.06. The molecule has 0 aliphatic heterocycles. The Morgan fingerprint density at radius 3 is 2.68 bits per heavy atom. The number of alkyl halides is 2. The number of aliphatic hydroxyl groups is 1. The minimum Gasteiger partial charge on any atom is -0.466 e. The van der Waals surface area contributed by atoms with Crippen molar-refractivity contribution in [3.05, 3.63) is 40.4 Å². The number of hydrogen-bond donors (Lipinski definition) is 2. The van der Waals surface area contributed by atoms with Crippen molar-refractivity contribution in [2.24, 2.45) is 0 Å². The van der Waals surface area contributed by atoms with Crippen LogP contribution in [-0.4, -0.2) is 50.0 Å². The summed E-state index contributed by atoms with van der Waals surface area (Å²) < 4.78 is 36.7. The van der Waals surface area contributed by atoms with Gasteiger partial charge in [0.2, 0.25) is 5.13 Å². The van der Waals surface area contributed by atoms with E-state index in [-0.39, 0.29) is 34.2 Å². The molecule has 3 aromatic heterocycles. The molecule has 1 aliphatic rings. The highest BCUT2D eigenvalue weighted by atomic mass is 79.9. The number of nitrogens with one attached hydrogen (secondary N) is 1. The third kappa shape index (κ3) is 6.02.